The van der Waals surface area contributed by atoms with E-state index in [1.807, 2.05) is 43.3 Å². The van der Waals surface area contributed by atoms with Crippen molar-refractivity contribution < 1.29 is 9.53 Å². The number of ether oxygens (including phenoxy) is 1. The molecule has 2 aromatic rings. The monoisotopic (exact) mass is 297 g/mol. The number of nitrogens with one attached hydrogen (secondary N) is 2. The number of aryl methyl sites for hydroxylation is 1. The number of urea groups is 1. The van der Waals surface area contributed by atoms with E-state index in [1.165, 1.54) is 0 Å². The van der Waals surface area contributed by atoms with Crippen LogP contribution in [0.15, 0.2) is 48.8 Å². The van der Waals surface area contributed by atoms with Gasteiger partial charge in [0.05, 0.1) is 11.9 Å². The molecule has 0 radical (unpaired) electrons. The highest BCUT2D eigenvalue weighted by atomic mass is 16.5. The fourth-order valence-corrected chi connectivity index (χ4v) is 2.42. The molecule has 1 fully saturated rings. The summed E-state index contributed by atoms with van der Waals surface area (Å²) in [6.45, 7) is 1.93. The van der Waals surface area contributed by atoms with Crippen molar-refractivity contribution in [1.82, 2.24) is 10.3 Å². The number of carbonyl (C=O) groups is 1. The second-order valence-electron chi connectivity index (χ2n) is 5.53. The van der Waals surface area contributed by atoms with Gasteiger partial charge in [0.1, 0.15) is 5.75 Å². The van der Waals surface area contributed by atoms with Crippen molar-refractivity contribution in [1.29, 1.82) is 0 Å². The number of rotatable bonds is 4. The predicted octanol–water partition coefficient (Wildman–Crippen LogP) is 3.47. The molecule has 1 aliphatic rings. The Morgan fingerprint density at radius 2 is 2.00 bits per heavy atom. The lowest BCUT2D eigenvalue weighted by molar-refractivity contribution is -0.0260. The van der Waals surface area contributed by atoms with Crippen LogP contribution in [-0.4, -0.2) is 16.7 Å². The Labute approximate surface area is 129 Å². The third-order valence-electron chi connectivity index (χ3n) is 3.85. The molecule has 0 bridgehead atoms. The number of hydrogen-bond acceptors (Lipinski definition) is 3. The van der Waals surface area contributed by atoms with Crippen LogP contribution in [0.2, 0.25) is 0 Å². The number of aromatic nitrogens is 1. The smallest absolute Gasteiger partial charge is 0.322 e. The molecule has 1 aliphatic carbocycles. The molecule has 2 N–H and O–H groups in total. The number of pyridine rings is 1. The maximum Gasteiger partial charge on any atom is 0.322 e. The van der Waals surface area contributed by atoms with Crippen molar-refractivity contribution in [2.75, 3.05) is 5.32 Å². The summed E-state index contributed by atoms with van der Waals surface area (Å²) in [6, 6.07) is 11.1. The zero-order chi connectivity index (χ0) is 15.4. The van der Waals surface area contributed by atoms with E-state index in [-0.39, 0.29) is 6.03 Å². The van der Waals surface area contributed by atoms with Crippen LogP contribution in [-0.2, 0) is 0 Å². The molecule has 0 aliphatic heterocycles. The van der Waals surface area contributed by atoms with E-state index >= 15 is 0 Å². The third-order valence-corrected chi connectivity index (χ3v) is 3.85. The molecule has 1 saturated carbocycles. The van der Waals surface area contributed by atoms with Gasteiger partial charge < -0.3 is 10.1 Å². The van der Waals surface area contributed by atoms with Gasteiger partial charge in [-0.1, -0.05) is 18.2 Å². The average Bonchev–Trinajstić information content (AvgIpc) is 2.48. The lowest BCUT2D eigenvalue weighted by atomic mass is 9.88. The van der Waals surface area contributed by atoms with Gasteiger partial charge in [0.2, 0.25) is 0 Å². The summed E-state index contributed by atoms with van der Waals surface area (Å²) in [5, 5.41) is 5.78. The van der Waals surface area contributed by atoms with Crippen molar-refractivity contribution in [3.63, 3.8) is 0 Å². The molecule has 0 atom stereocenters. The molecule has 0 spiro atoms. The minimum absolute atomic E-state index is 0.272. The second kappa shape index (κ2) is 6.05. The highest BCUT2D eigenvalue weighted by molar-refractivity contribution is 5.90. The first-order valence-corrected chi connectivity index (χ1v) is 7.41. The topological polar surface area (TPSA) is 63.2 Å². The quantitative estimate of drug-likeness (QED) is 0.849. The Hall–Kier alpha value is -2.56. The number of hydrogen-bond donors (Lipinski definition) is 2. The molecule has 1 aromatic carbocycles. The summed E-state index contributed by atoms with van der Waals surface area (Å²) in [4.78, 5) is 16.3. The number of amides is 2. The zero-order valence-electron chi connectivity index (χ0n) is 12.5. The minimum atomic E-state index is -0.610. The molecule has 114 valence electrons. The van der Waals surface area contributed by atoms with Crippen molar-refractivity contribution in [2.45, 2.75) is 31.9 Å². The first-order valence-electron chi connectivity index (χ1n) is 7.41. The second-order valence-corrected chi connectivity index (χ2v) is 5.53. The van der Waals surface area contributed by atoms with E-state index < -0.39 is 5.72 Å². The van der Waals surface area contributed by atoms with Crippen molar-refractivity contribution >= 4 is 11.7 Å². The summed E-state index contributed by atoms with van der Waals surface area (Å²) in [5.41, 5.74) is 1.06. The Bertz CT molecular complexity index is 654. The van der Waals surface area contributed by atoms with Gasteiger partial charge in [-0.25, -0.2) is 4.79 Å². The normalized spacial score (nSPS) is 15.5. The van der Waals surface area contributed by atoms with E-state index in [4.69, 9.17) is 4.74 Å². The van der Waals surface area contributed by atoms with Crippen LogP contribution in [0.3, 0.4) is 0 Å². The minimum Gasteiger partial charge on any atom is -0.468 e. The predicted molar refractivity (Wildman–Crippen MR) is 84.8 cm³/mol. The van der Waals surface area contributed by atoms with Crippen LogP contribution in [0.1, 0.15) is 24.8 Å². The lowest BCUT2D eigenvalue weighted by Gasteiger charge is -2.42. The van der Waals surface area contributed by atoms with Gasteiger partial charge in [-0.15, -0.1) is 0 Å². The van der Waals surface area contributed by atoms with Crippen LogP contribution in [0.4, 0.5) is 10.5 Å². The van der Waals surface area contributed by atoms with Crippen LogP contribution in [0.5, 0.6) is 5.75 Å². The van der Waals surface area contributed by atoms with E-state index in [0.717, 1.165) is 30.6 Å². The van der Waals surface area contributed by atoms with E-state index in [2.05, 4.69) is 15.6 Å². The molecule has 3 rings (SSSR count). The Morgan fingerprint density at radius 3 is 2.64 bits per heavy atom. The molecule has 0 saturated heterocycles. The van der Waals surface area contributed by atoms with Crippen LogP contribution in [0.25, 0.3) is 0 Å². The summed E-state index contributed by atoms with van der Waals surface area (Å²) < 4.78 is 5.99. The number of benzene rings is 1. The zero-order valence-corrected chi connectivity index (χ0v) is 12.5. The first kappa shape index (κ1) is 14.4. The number of para-hydroxylation sites is 1. The molecule has 22 heavy (non-hydrogen) atoms. The van der Waals surface area contributed by atoms with E-state index in [9.17, 15) is 4.79 Å². The first-order chi connectivity index (χ1) is 10.7. The van der Waals surface area contributed by atoms with Gasteiger partial charge in [0.15, 0.2) is 5.72 Å². The summed E-state index contributed by atoms with van der Waals surface area (Å²) >= 11 is 0. The fraction of sp³-hybridized carbons (Fsp3) is 0.294. The van der Waals surface area contributed by atoms with Gasteiger partial charge in [-0.3, -0.25) is 10.3 Å². The molecule has 0 unspecified atom stereocenters. The van der Waals surface area contributed by atoms with Crippen LogP contribution in [0, 0.1) is 6.92 Å². The van der Waals surface area contributed by atoms with Crippen molar-refractivity contribution in [2.24, 2.45) is 0 Å². The molecule has 1 aromatic heterocycles. The molecule has 1 heterocycles. The fourth-order valence-electron chi connectivity index (χ4n) is 2.42. The SMILES string of the molecule is Cc1ccncc1NC(=O)NC1(Oc2ccccc2)CCC1. The summed E-state index contributed by atoms with van der Waals surface area (Å²) in [5.74, 6) is 0.764. The highest BCUT2D eigenvalue weighted by Gasteiger charge is 2.41. The Kier molecular flexibility index (Phi) is 3.96. The highest BCUT2D eigenvalue weighted by Crippen LogP contribution is 2.34. The molecular weight excluding hydrogens is 278 g/mol. The van der Waals surface area contributed by atoms with Gasteiger partial charge in [-0.05, 0) is 37.1 Å². The van der Waals surface area contributed by atoms with Gasteiger partial charge >= 0.3 is 6.03 Å². The van der Waals surface area contributed by atoms with Gasteiger partial charge in [-0.2, -0.15) is 0 Å². The van der Waals surface area contributed by atoms with Crippen LogP contribution < -0.4 is 15.4 Å². The van der Waals surface area contributed by atoms with Gasteiger partial charge in [0, 0.05) is 19.0 Å². The molecular formula is C17H19N3O2. The molecule has 5 heteroatoms. The maximum absolute atomic E-state index is 12.2. The van der Waals surface area contributed by atoms with Crippen molar-refractivity contribution in [3.8, 4) is 5.75 Å². The van der Waals surface area contributed by atoms with E-state index in [0.29, 0.717) is 5.69 Å². The average molecular weight is 297 g/mol. The number of anilines is 1. The molecule has 5 nitrogen and oxygen atoms in total. The summed E-state index contributed by atoms with van der Waals surface area (Å²) in [6.07, 6.45) is 5.99. The third kappa shape index (κ3) is 3.19. The maximum atomic E-state index is 12.2. The van der Waals surface area contributed by atoms with Crippen molar-refractivity contribution in [3.05, 3.63) is 54.4 Å². The lowest BCUT2D eigenvalue weighted by Crippen LogP contribution is -2.58. The number of nitrogens with zero attached hydrogens (tertiary/aromatic N) is 1. The molecule has 2 amide bonds. The Balaban J connectivity index is 1.65. The summed E-state index contributed by atoms with van der Waals surface area (Å²) in [7, 11) is 0. The van der Waals surface area contributed by atoms with E-state index in [1.54, 1.807) is 12.4 Å². The van der Waals surface area contributed by atoms with Gasteiger partial charge in [0.25, 0.3) is 0 Å². The standard InChI is InChI=1S/C17H19N3O2/c1-13-8-11-18-12-15(13)19-16(21)20-17(9-5-10-17)22-14-6-3-2-4-7-14/h2-4,6-8,11-12H,5,9-10H2,1H3,(H2,19,20,21). The van der Waals surface area contributed by atoms with Crippen LogP contribution >= 0.6 is 0 Å². The largest absolute Gasteiger partial charge is 0.468 e. The Morgan fingerprint density at radius 1 is 1.23 bits per heavy atom. The number of carbonyl (C=O) groups excluding carboxylic acids is 1.